The molecule has 0 bridgehead atoms. The van der Waals surface area contributed by atoms with Gasteiger partial charge in [0.15, 0.2) is 0 Å². The molecule has 0 spiro atoms. The van der Waals surface area contributed by atoms with Crippen LogP contribution in [0.4, 0.5) is 10.5 Å². The number of benzene rings is 2. The number of terminal acetylenes is 1. The van der Waals surface area contributed by atoms with Gasteiger partial charge < -0.3 is 15.4 Å². The zero-order chi connectivity index (χ0) is 25.6. The Bertz CT molecular complexity index is 1110. The van der Waals surface area contributed by atoms with Crippen LogP contribution in [0.5, 0.6) is 0 Å². The van der Waals surface area contributed by atoms with Crippen LogP contribution in [0.15, 0.2) is 42.5 Å². The Morgan fingerprint density at radius 1 is 1.03 bits per heavy atom. The largest absolute Gasteiger partial charge is 0.444 e. The molecule has 180 valence electrons. The predicted molar refractivity (Wildman–Crippen MR) is 133 cm³/mol. The molecule has 0 fully saturated rings. The molecule has 7 nitrogen and oxygen atoms in total. The first-order chi connectivity index (χ1) is 15.8. The number of rotatable bonds is 6. The Morgan fingerprint density at radius 3 is 2.26 bits per heavy atom. The van der Waals surface area contributed by atoms with Gasteiger partial charge in [-0.3, -0.25) is 14.5 Å². The van der Waals surface area contributed by atoms with Gasteiger partial charge >= 0.3 is 6.09 Å². The molecule has 2 aromatic rings. The Morgan fingerprint density at radius 2 is 1.68 bits per heavy atom. The van der Waals surface area contributed by atoms with E-state index >= 15 is 0 Å². The number of aryl methyl sites for hydroxylation is 3. The minimum Gasteiger partial charge on any atom is -0.444 e. The minimum atomic E-state index is -1.11. The van der Waals surface area contributed by atoms with Gasteiger partial charge in [0.05, 0.1) is 0 Å². The summed E-state index contributed by atoms with van der Waals surface area (Å²) in [5.74, 6) is -1.07. The van der Waals surface area contributed by atoms with Gasteiger partial charge in [0.1, 0.15) is 17.7 Å². The number of nitrogens with zero attached hydrogens (tertiary/aromatic N) is 1. The van der Waals surface area contributed by atoms with Crippen molar-refractivity contribution in [2.24, 2.45) is 0 Å². The molecule has 0 radical (unpaired) electrons. The fourth-order valence-electron chi connectivity index (χ4n) is 3.39. The highest BCUT2D eigenvalue weighted by atomic mass is 16.6. The zero-order valence-electron chi connectivity index (χ0n) is 20.9. The van der Waals surface area contributed by atoms with Gasteiger partial charge in [-0.1, -0.05) is 48.4 Å². The third-order valence-corrected chi connectivity index (χ3v) is 5.12. The van der Waals surface area contributed by atoms with Crippen LogP contribution in [0.25, 0.3) is 0 Å². The van der Waals surface area contributed by atoms with E-state index in [2.05, 4.69) is 16.7 Å². The molecule has 34 heavy (non-hydrogen) atoms. The summed E-state index contributed by atoms with van der Waals surface area (Å²) in [6.45, 7) is 12.3. The number of anilines is 1. The van der Waals surface area contributed by atoms with Crippen LogP contribution in [0.1, 0.15) is 56.0 Å². The summed E-state index contributed by atoms with van der Waals surface area (Å²) in [5.41, 5.74) is 3.07. The lowest BCUT2D eigenvalue weighted by atomic mass is 9.96. The third kappa shape index (κ3) is 6.85. The molecule has 0 saturated heterocycles. The van der Waals surface area contributed by atoms with Crippen LogP contribution in [0, 0.1) is 33.2 Å². The lowest BCUT2D eigenvalue weighted by Gasteiger charge is -2.30. The highest BCUT2D eigenvalue weighted by Crippen LogP contribution is 2.28. The molecule has 0 aromatic heterocycles. The summed E-state index contributed by atoms with van der Waals surface area (Å²) >= 11 is 0. The standard InChI is InChI=1S/C27H33N3O4/c1-9-30(25(32)20(5)28-26(33)34-27(6,7)8)23(21-16-17(2)14-15-18(21)3)24(31)29-22-13-11-10-12-19(22)4/h1,10-16,20,23H,2-8H3,(H,28,33)(H,29,31). The van der Waals surface area contributed by atoms with Crippen molar-refractivity contribution in [3.63, 3.8) is 0 Å². The first kappa shape index (κ1) is 26.5. The van der Waals surface area contributed by atoms with E-state index in [0.29, 0.717) is 11.3 Å². The highest BCUT2D eigenvalue weighted by molar-refractivity contribution is 6.00. The van der Waals surface area contributed by atoms with Crippen molar-refractivity contribution in [2.45, 2.75) is 66.2 Å². The molecule has 0 aliphatic heterocycles. The summed E-state index contributed by atoms with van der Waals surface area (Å²) in [7, 11) is 0. The maximum absolute atomic E-state index is 13.6. The zero-order valence-corrected chi connectivity index (χ0v) is 20.9. The van der Waals surface area contributed by atoms with E-state index in [9.17, 15) is 14.4 Å². The average Bonchev–Trinajstić information content (AvgIpc) is 2.73. The van der Waals surface area contributed by atoms with E-state index < -0.39 is 35.6 Å². The maximum Gasteiger partial charge on any atom is 0.408 e. The van der Waals surface area contributed by atoms with Crippen LogP contribution in [-0.4, -0.2) is 34.5 Å². The third-order valence-electron chi connectivity index (χ3n) is 5.12. The summed E-state index contributed by atoms with van der Waals surface area (Å²) < 4.78 is 5.24. The number of amides is 3. The second kappa shape index (κ2) is 10.9. The fraction of sp³-hybridized carbons (Fsp3) is 0.370. The summed E-state index contributed by atoms with van der Waals surface area (Å²) in [6, 6.07) is 13.2. The SMILES string of the molecule is C#CN(C(=O)C(C)NC(=O)OC(C)(C)C)C(C(=O)Nc1ccccc1C)c1cc(C)ccc1C. The van der Waals surface area contributed by atoms with Crippen molar-refractivity contribution in [2.75, 3.05) is 5.32 Å². The molecule has 2 aromatic carbocycles. The van der Waals surface area contributed by atoms with E-state index in [-0.39, 0.29) is 0 Å². The van der Waals surface area contributed by atoms with Crippen molar-refractivity contribution in [3.8, 4) is 12.5 Å². The van der Waals surface area contributed by atoms with Gasteiger partial charge in [-0.2, -0.15) is 0 Å². The molecule has 2 unspecified atom stereocenters. The average molecular weight is 464 g/mol. The van der Waals surface area contributed by atoms with Gasteiger partial charge in [0.2, 0.25) is 0 Å². The summed E-state index contributed by atoms with van der Waals surface area (Å²) in [4.78, 5) is 40.1. The molecular weight excluding hydrogens is 430 g/mol. The van der Waals surface area contributed by atoms with Crippen molar-refractivity contribution in [1.82, 2.24) is 10.2 Å². The molecule has 0 heterocycles. The van der Waals surface area contributed by atoms with Crippen LogP contribution in [0.2, 0.25) is 0 Å². The minimum absolute atomic E-state index is 0.459. The number of nitrogens with one attached hydrogen (secondary N) is 2. The van der Waals surface area contributed by atoms with Gasteiger partial charge in [0, 0.05) is 11.7 Å². The molecule has 2 atom stereocenters. The van der Waals surface area contributed by atoms with Gasteiger partial charge in [-0.15, -0.1) is 0 Å². The van der Waals surface area contributed by atoms with E-state index in [4.69, 9.17) is 11.2 Å². The van der Waals surface area contributed by atoms with E-state index in [1.807, 2.05) is 57.2 Å². The molecule has 2 rings (SSSR count). The quantitative estimate of drug-likeness (QED) is 0.483. The van der Waals surface area contributed by atoms with Crippen LogP contribution in [-0.2, 0) is 14.3 Å². The van der Waals surface area contributed by atoms with Crippen LogP contribution in [0.3, 0.4) is 0 Å². The first-order valence-electron chi connectivity index (χ1n) is 11.1. The number of hydrogen-bond donors (Lipinski definition) is 2. The number of alkyl carbamates (subject to hydrolysis) is 1. The number of ether oxygens (including phenoxy) is 1. The molecule has 0 saturated carbocycles. The van der Waals surface area contributed by atoms with Crippen molar-refractivity contribution < 1.29 is 19.1 Å². The topological polar surface area (TPSA) is 87.7 Å². The summed E-state index contributed by atoms with van der Waals surface area (Å²) in [5, 5.41) is 5.40. The Labute approximate surface area is 201 Å². The monoisotopic (exact) mass is 463 g/mol. The lowest BCUT2D eigenvalue weighted by molar-refractivity contribution is -0.136. The second-order valence-electron chi connectivity index (χ2n) is 9.27. The predicted octanol–water partition coefficient (Wildman–Crippen LogP) is 4.62. The fourth-order valence-corrected chi connectivity index (χ4v) is 3.39. The van der Waals surface area contributed by atoms with Crippen molar-refractivity contribution in [3.05, 3.63) is 64.7 Å². The molecule has 2 N–H and O–H groups in total. The van der Waals surface area contributed by atoms with E-state index in [0.717, 1.165) is 21.6 Å². The Kier molecular flexibility index (Phi) is 8.47. The number of carbonyl (C=O) groups is 3. The Balaban J connectivity index is 2.43. The maximum atomic E-state index is 13.6. The van der Waals surface area contributed by atoms with Crippen LogP contribution < -0.4 is 10.6 Å². The van der Waals surface area contributed by atoms with E-state index in [1.165, 1.54) is 6.92 Å². The van der Waals surface area contributed by atoms with Crippen LogP contribution >= 0.6 is 0 Å². The molecular formula is C27H33N3O4. The Hall–Kier alpha value is -3.79. The number of hydrogen-bond acceptors (Lipinski definition) is 4. The van der Waals surface area contributed by atoms with Gasteiger partial charge in [-0.25, -0.2) is 4.79 Å². The lowest BCUT2D eigenvalue weighted by Crippen LogP contribution is -2.49. The molecule has 0 aliphatic carbocycles. The highest BCUT2D eigenvalue weighted by Gasteiger charge is 2.35. The normalized spacial score (nSPS) is 12.6. The molecule has 3 amide bonds. The van der Waals surface area contributed by atoms with E-state index in [1.54, 1.807) is 26.8 Å². The smallest absolute Gasteiger partial charge is 0.408 e. The number of para-hydroxylation sites is 1. The second-order valence-corrected chi connectivity index (χ2v) is 9.27. The first-order valence-corrected chi connectivity index (χ1v) is 11.1. The van der Waals surface area contributed by atoms with Gasteiger partial charge in [0.25, 0.3) is 11.8 Å². The molecule has 7 heteroatoms. The van der Waals surface area contributed by atoms with Crippen molar-refractivity contribution >= 4 is 23.6 Å². The molecule has 0 aliphatic rings. The van der Waals surface area contributed by atoms with Crippen molar-refractivity contribution in [1.29, 1.82) is 0 Å². The number of carbonyl (C=O) groups excluding carboxylic acids is 3. The summed E-state index contributed by atoms with van der Waals surface area (Å²) in [6.07, 6.45) is 5.01. The van der Waals surface area contributed by atoms with Gasteiger partial charge in [-0.05, 0) is 71.2 Å².